The number of phenolic OH excluding ortho intramolecular Hbond substituents is 1. The standard InChI is InChI=1S/C15H25NO/c1-6-13(7-2)16(5)12(4)14-9-8-11(3)10-15(14)17/h8-10,12-13,17H,6-7H2,1-5H3. The molecule has 0 spiro atoms. The minimum atomic E-state index is 0.250. The van der Waals surface area contributed by atoms with E-state index in [9.17, 15) is 5.11 Å². The molecular formula is C15H25NO. The molecule has 0 aliphatic carbocycles. The van der Waals surface area contributed by atoms with Gasteiger partial charge in [0.15, 0.2) is 0 Å². The van der Waals surface area contributed by atoms with Crippen LogP contribution >= 0.6 is 0 Å². The molecule has 1 rings (SSSR count). The first kappa shape index (κ1) is 14.0. The molecule has 0 saturated carbocycles. The lowest BCUT2D eigenvalue weighted by Crippen LogP contribution is -2.33. The van der Waals surface area contributed by atoms with Crippen LogP contribution in [0.25, 0.3) is 0 Å². The van der Waals surface area contributed by atoms with Crippen LogP contribution in [0.3, 0.4) is 0 Å². The lowest BCUT2D eigenvalue weighted by molar-refractivity contribution is 0.172. The van der Waals surface area contributed by atoms with E-state index in [1.54, 1.807) is 0 Å². The number of phenols is 1. The highest BCUT2D eigenvalue weighted by atomic mass is 16.3. The molecule has 0 aliphatic rings. The van der Waals surface area contributed by atoms with E-state index in [1.807, 2.05) is 19.1 Å². The maximum Gasteiger partial charge on any atom is 0.120 e. The molecule has 1 unspecified atom stereocenters. The van der Waals surface area contributed by atoms with Crippen molar-refractivity contribution in [3.63, 3.8) is 0 Å². The second-order valence-corrected chi connectivity index (χ2v) is 4.87. The van der Waals surface area contributed by atoms with Crippen molar-refractivity contribution >= 4 is 0 Å². The van der Waals surface area contributed by atoms with Gasteiger partial charge in [0.25, 0.3) is 0 Å². The molecular weight excluding hydrogens is 210 g/mol. The monoisotopic (exact) mass is 235 g/mol. The number of rotatable bonds is 5. The SMILES string of the molecule is CCC(CC)N(C)C(C)c1ccc(C)cc1O. The van der Waals surface area contributed by atoms with Crippen LogP contribution < -0.4 is 0 Å². The molecule has 17 heavy (non-hydrogen) atoms. The van der Waals surface area contributed by atoms with Gasteiger partial charge in [-0.05, 0) is 45.4 Å². The molecule has 0 saturated heterocycles. The van der Waals surface area contributed by atoms with Crippen LogP contribution in [-0.4, -0.2) is 23.1 Å². The summed E-state index contributed by atoms with van der Waals surface area (Å²) in [5, 5.41) is 10.0. The maximum absolute atomic E-state index is 10.0. The zero-order chi connectivity index (χ0) is 13.0. The lowest BCUT2D eigenvalue weighted by atomic mass is 10.0. The largest absolute Gasteiger partial charge is 0.508 e. The summed E-state index contributed by atoms with van der Waals surface area (Å²) in [7, 11) is 2.14. The van der Waals surface area contributed by atoms with Gasteiger partial charge >= 0.3 is 0 Å². The van der Waals surface area contributed by atoms with E-state index < -0.39 is 0 Å². The molecule has 2 heteroatoms. The van der Waals surface area contributed by atoms with E-state index in [2.05, 4.69) is 38.8 Å². The topological polar surface area (TPSA) is 23.5 Å². The van der Waals surface area contributed by atoms with Gasteiger partial charge in [0.1, 0.15) is 5.75 Å². The van der Waals surface area contributed by atoms with Gasteiger partial charge in [0, 0.05) is 17.6 Å². The van der Waals surface area contributed by atoms with E-state index in [0.717, 1.165) is 24.0 Å². The fraction of sp³-hybridized carbons (Fsp3) is 0.600. The lowest BCUT2D eigenvalue weighted by Gasteiger charge is -2.32. The maximum atomic E-state index is 10.0. The second-order valence-electron chi connectivity index (χ2n) is 4.87. The van der Waals surface area contributed by atoms with Crippen molar-refractivity contribution in [2.45, 2.75) is 52.6 Å². The van der Waals surface area contributed by atoms with Crippen LogP contribution in [0.2, 0.25) is 0 Å². The summed E-state index contributed by atoms with van der Waals surface area (Å²) in [6, 6.07) is 6.76. The second kappa shape index (κ2) is 6.06. The summed E-state index contributed by atoms with van der Waals surface area (Å²) in [5.74, 6) is 0.412. The van der Waals surface area contributed by atoms with Gasteiger partial charge in [-0.15, -0.1) is 0 Å². The average molecular weight is 235 g/mol. The zero-order valence-electron chi connectivity index (χ0n) is 11.7. The highest BCUT2D eigenvalue weighted by Crippen LogP contribution is 2.30. The van der Waals surface area contributed by atoms with Gasteiger partial charge in [0.2, 0.25) is 0 Å². The van der Waals surface area contributed by atoms with Crippen LogP contribution in [0, 0.1) is 6.92 Å². The molecule has 1 N–H and O–H groups in total. The number of aromatic hydroxyl groups is 1. The Morgan fingerprint density at radius 3 is 2.29 bits per heavy atom. The van der Waals surface area contributed by atoms with E-state index in [-0.39, 0.29) is 6.04 Å². The van der Waals surface area contributed by atoms with E-state index >= 15 is 0 Å². The minimum absolute atomic E-state index is 0.250. The molecule has 0 fully saturated rings. The molecule has 0 amide bonds. The molecule has 0 aliphatic heterocycles. The Morgan fingerprint density at radius 2 is 1.82 bits per heavy atom. The number of hydrogen-bond donors (Lipinski definition) is 1. The van der Waals surface area contributed by atoms with Crippen molar-refractivity contribution in [3.8, 4) is 5.75 Å². The van der Waals surface area contributed by atoms with Gasteiger partial charge in [0.05, 0.1) is 0 Å². The Morgan fingerprint density at radius 1 is 1.24 bits per heavy atom. The Bertz CT molecular complexity index is 358. The predicted molar refractivity (Wildman–Crippen MR) is 73.4 cm³/mol. The third-order valence-corrected chi connectivity index (χ3v) is 3.77. The first-order valence-corrected chi connectivity index (χ1v) is 6.52. The van der Waals surface area contributed by atoms with Gasteiger partial charge in [-0.3, -0.25) is 4.90 Å². The van der Waals surface area contributed by atoms with Gasteiger partial charge < -0.3 is 5.11 Å². The van der Waals surface area contributed by atoms with Crippen molar-refractivity contribution < 1.29 is 5.11 Å². The quantitative estimate of drug-likeness (QED) is 0.837. The van der Waals surface area contributed by atoms with E-state index in [1.165, 1.54) is 0 Å². The summed E-state index contributed by atoms with van der Waals surface area (Å²) in [6.07, 6.45) is 2.29. The highest BCUT2D eigenvalue weighted by molar-refractivity contribution is 5.37. The third kappa shape index (κ3) is 3.22. The average Bonchev–Trinajstić information content (AvgIpc) is 2.29. The molecule has 1 aromatic carbocycles. The minimum Gasteiger partial charge on any atom is -0.508 e. The fourth-order valence-electron chi connectivity index (χ4n) is 2.41. The zero-order valence-corrected chi connectivity index (χ0v) is 11.7. The molecule has 0 aromatic heterocycles. The molecule has 1 aromatic rings. The number of nitrogens with zero attached hydrogens (tertiary/aromatic N) is 1. The van der Waals surface area contributed by atoms with Crippen molar-refractivity contribution in [3.05, 3.63) is 29.3 Å². The van der Waals surface area contributed by atoms with Crippen molar-refractivity contribution in [1.82, 2.24) is 4.90 Å². The molecule has 2 nitrogen and oxygen atoms in total. The Kier molecular flexibility index (Phi) is 5.01. The Labute approximate surface area is 105 Å². The van der Waals surface area contributed by atoms with Crippen LogP contribution in [-0.2, 0) is 0 Å². The van der Waals surface area contributed by atoms with Crippen molar-refractivity contribution in [2.24, 2.45) is 0 Å². The summed E-state index contributed by atoms with van der Waals surface area (Å²) in [4.78, 5) is 2.35. The summed E-state index contributed by atoms with van der Waals surface area (Å²) < 4.78 is 0. The van der Waals surface area contributed by atoms with Crippen LogP contribution in [0.15, 0.2) is 18.2 Å². The Balaban J connectivity index is 2.91. The van der Waals surface area contributed by atoms with Gasteiger partial charge in [-0.1, -0.05) is 26.0 Å². The smallest absolute Gasteiger partial charge is 0.120 e. The molecule has 96 valence electrons. The predicted octanol–water partition coefficient (Wildman–Crippen LogP) is 3.88. The molecule has 0 heterocycles. The molecule has 1 atom stereocenters. The van der Waals surface area contributed by atoms with E-state index in [0.29, 0.717) is 11.8 Å². The van der Waals surface area contributed by atoms with Crippen LogP contribution in [0.4, 0.5) is 0 Å². The summed E-state index contributed by atoms with van der Waals surface area (Å²) in [6.45, 7) is 8.58. The fourth-order valence-corrected chi connectivity index (χ4v) is 2.41. The van der Waals surface area contributed by atoms with Crippen LogP contribution in [0.1, 0.15) is 50.8 Å². The number of aryl methyl sites for hydroxylation is 1. The molecule has 0 radical (unpaired) electrons. The van der Waals surface area contributed by atoms with E-state index in [4.69, 9.17) is 0 Å². The summed E-state index contributed by atoms with van der Waals surface area (Å²) in [5.41, 5.74) is 2.12. The van der Waals surface area contributed by atoms with Crippen molar-refractivity contribution in [1.29, 1.82) is 0 Å². The van der Waals surface area contributed by atoms with Crippen molar-refractivity contribution in [2.75, 3.05) is 7.05 Å². The first-order valence-electron chi connectivity index (χ1n) is 6.52. The first-order chi connectivity index (χ1) is 8.01. The highest BCUT2D eigenvalue weighted by Gasteiger charge is 2.20. The Hall–Kier alpha value is -1.02. The van der Waals surface area contributed by atoms with Crippen LogP contribution in [0.5, 0.6) is 5.75 Å². The third-order valence-electron chi connectivity index (χ3n) is 3.77. The van der Waals surface area contributed by atoms with Gasteiger partial charge in [-0.25, -0.2) is 0 Å². The normalized spacial score (nSPS) is 13.4. The molecule has 0 bridgehead atoms. The summed E-state index contributed by atoms with van der Waals surface area (Å²) >= 11 is 0. The number of benzene rings is 1. The number of hydrogen-bond acceptors (Lipinski definition) is 2. The van der Waals surface area contributed by atoms with Gasteiger partial charge in [-0.2, -0.15) is 0 Å².